The van der Waals surface area contributed by atoms with Crippen LogP contribution >= 0.6 is 0 Å². The Bertz CT molecular complexity index is 251. The van der Waals surface area contributed by atoms with Crippen LogP contribution in [-0.4, -0.2) is 12.1 Å². The van der Waals surface area contributed by atoms with Crippen LogP contribution in [0.4, 0.5) is 0 Å². The van der Waals surface area contributed by atoms with Crippen LogP contribution in [0.5, 0.6) is 0 Å². The third-order valence-electron chi connectivity index (χ3n) is 3.74. The number of esters is 1. The van der Waals surface area contributed by atoms with E-state index in [0.29, 0.717) is 11.8 Å². The van der Waals surface area contributed by atoms with E-state index >= 15 is 0 Å². The van der Waals surface area contributed by atoms with Crippen molar-refractivity contribution >= 4 is 5.97 Å². The van der Waals surface area contributed by atoms with Gasteiger partial charge in [-0.25, -0.2) is 4.79 Å². The highest BCUT2D eigenvalue weighted by atomic mass is 16.5. The minimum absolute atomic E-state index is 0.143. The minimum Gasteiger partial charge on any atom is -0.458 e. The molecule has 0 aromatic rings. The second-order valence-electron chi connectivity index (χ2n) is 4.73. The van der Waals surface area contributed by atoms with Gasteiger partial charge in [0.15, 0.2) is 0 Å². The SMILES string of the molecule is CC[C@H]1C=CC(=O)O[C@H]1C1CCCCC1. The molecule has 1 fully saturated rings. The molecule has 1 aliphatic heterocycles. The molecule has 0 bridgehead atoms. The van der Waals surface area contributed by atoms with Crippen LogP contribution in [0, 0.1) is 11.8 Å². The number of ether oxygens (including phenoxy) is 1. The lowest BCUT2D eigenvalue weighted by Crippen LogP contribution is -2.36. The largest absolute Gasteiger partial charge is 0.458 e. The molecule has 0 radical (unpaired) electrons. The van der Waals surface area contributed by atoms with Crippen molar-refractivity contribution in [1.29, 1.82) is 0 Å². The summed E-state index contributed by atoms with van der Waals surface area (Å²) in [6, 6.07) is 0. The normalized spacial score (nSPS) is 32.7. The molecule has 2 atom stereocenters. The molecule has 1 saturated carbocycles. The molecule has 0 saturated heterocycles. The number of rotatable bonds is 2. The van der Waals surface area contributed by atoms with Crippen molar-refractivity contribution in [2.45, 2.75) is 51.6 Å². The van der Waals surface area contributed by atoms with Crippen molar-refractivity contribution in [2.24, 2.45) is 11.8 Å². The highest BCUT2D eigenvalue weighted by molar-refractivity contribution is 5.83. The number of hydrogen-bond donors (Lipinski definition) is 0. The zero-order chi connectivity index (χ0) is 10.7. The summed E-state index contributed by atoms with van der Waals surface area (Å²) in [7, 11) is 0. The maximum Gasteiger partial charge on any atom is 0.330 e. The summed E-state index contributed by atoms with van der Waals surface area (Å²) in [5.74, 6) is 0.915. The molecule has 2 aliphatic rings. The summed E-state index contributed by atoms with van der Waals surface area (Å²) in [5.41, 5.74) is 0. The first-order chi connectivity index (χ1) is 7.31. The Morgan fingerprint density at radius 1 is 1.33 bits per heavy atom. The van der Waals surface area contributed by atoms with Gasteiger partial charge in [0.2, 0.25) is 0 Å². The Balaban J connectivity index is 2.04. The van der Waals surface area contributed by atoms with Gasteiger partial charge in [-0.15, -0.1) is 0 Å². The van der Waals surface area contributed by atoms with Gasteiger partial charge in [0.1, 0.15) is 6.10 Å². The van der Waals surface area contributed by atoms with Gasteiger partial charge in [-0.05, 0) is 25.2 Å². The van der Waals surface area contributed by atoms with E-state index in [4.69, 9.17) is 4.74 Å². The molecule has 0 unspecified atom stereocenters. The average Bonchev–Trinajstić information content (AvgIpc) is 2.30. The molecular formula is C13H20O2. The summed E-state index contributed by atoms with van der Waals surface area (Å²) in [6.07, 6.45) is 11.3. The molecule has 2 rings (SSSR count). The Morgan fingerprint density at radius 3 is 2.73 bits per heavy atom. The maximum absolute atomic E-state index is 11.3. The first kappa shape index (κ1) is 10.7. The zero-order valence-electron chi connectivity index (χ0n) is 9.45. The van der Waals surface area contributed by atoms with E-state index in [9.17, 15) is 4.79 Å². The van der Waals surface area contributed by atoms with Gasteiger partial charge in [-0.2, -0.15) is 0 Å². The quantitative estimate of drug-likeness (QED) is 0.652. The average molecular weight is 208 g/mol. The van der Waals surface area contributed by atoms with Crippen molar-refractivity contribution in [2.75, 3.05) is 0 Å². The summed E-state index contributed by atoms with van der Waals surface area (Å²) in [4.78, 5) is 11.3. The van der Waals surface area contributed by atoms with Crippen molar-refractivity contribution in [3.8, 4) is 0 Å². The Morgan fingerprint density at radius 2 is 2.07 bits per heavy atom. The number of carbonyl (C=O) groups is 1. The van der Waals surface area contributed by atoms with Gasteiger partial charge in [0, 0.05) is 12.0 Å². The fraction of sp³-hybridized carbons (Fsp3) is 0.769. The van der Waals surface area contributed by atoms with Gasteiger partial charge in [0.05, 0.1) is 0 Å². The van der Waals surface area contributed by atoms with E-state index in [1.807, 2.05) is 6.08 Å². The third-order valence-corrected chi connectivity index (χ3v) is 3.74. The molecule has 1 aliphatic carbocycles. The van der Waals surface area contributed by atoms with Crippen molar-refractivity contribution in [3.05, 3.63) is 12.2 Å². The van der Waals surface area contributed by atoms with Crippen LogP contribution in [0.25, 0.3) is 0 Å². The van der Waals surface area contributed by atoms with Gasteiger partial charge >= 0.3 is 5.97 Å². The molecular weight excluding hydrogens is 188 g/mol. The molecule has 2 heteroatoms. The van der Waals surface area contributed by atoms with Gasteiger partial charge in [-0.1, -0.05) is 32.3 Å². The minimum atomic E-state index is -0.143. The van der Waals surface area contributed by atoms with Crippen molar-refractivity contribution in [3.63, 3.8) is 0 Å². The molecule has 0 aromatic heterocycles. The van der Waals surface area contributed by atoms with Crippen LogP contribution in [0.1, 0.15) is 45.4 Å². The predicted molar refractivity (Wildman–Crippen MR) is 59.4 cm³/mol. The smallest absolute Gasteiger partial charge is 0.330 e. The number of carbonyl (C=O) groups excluding carboxylic acids is 1. The van der Waals surface area contributed by atoms with Crippen molar-refractivity contribution in [1.82, 2.24) is 0 Å². The zero-order valence-corrected chi connectivity index (χ0v) is 9.45. The highest BCUT2D eigenvalue weighted by Gasteiger charge is 2.33. The van der Waals surface area contributed by atoms with E-state index in [-0.39, 0.29) is 12.1 Å². The van der Waals surface area contributed by atoms with Gasteiger partial charge < -0.3 is 4.74 Å². The first-order valence-corrected chi connectivity index (χ1v) is 6.20. The van der Waals surface area contributed by atoms with Gasteiger partial charge in [-0.3, -0.25) is 0 Å². The molecule has 0 amide bonds. The fourth-order valence-corrected chi connectivity index (χ4v) is 2.85. The monoisotopic (exact) mass is 208 g/mol. The lowest BCUT2D eigenvalue weighted by Gasteiger charge is -2.35. The molecule has 0 spiro atoms. The molecule has 1 heterocycles. The van der Waals surface area contributed by atoms with Crippen LogP contribution in [0.2, 0.25) is 0 Å². The molecule has 0 aromatic carbocycles. The summed E-state index contributed by atoms with van der Waals surface area (Å²) in [6.45, 7) is 2.17. The summed E-state index contributed by atoms with van der Waals surface area (Å²) >= 11 is 0. The van der Waals surface area contributed by atoms with Crippen LogP contribution < -0.4 is 0 Å². The van der Waals surface area contributed by atoms with Crippen LogP contribution in [0.3, 0.4) is 0 Å². The summed E-state index contributed by atoms with van der Waals surface area (Å²) < 4.78 is 5.50. The van der Waals surface area contributed by atoms with Crippen LogP contribution in [-0.2, 0) is 9.53 Å². The highest BCUT2D eigenvalue weighted by Crippen LogP contribution is 2.34. The van der Waals surface area contributed by atoms with Gasteiger partial charge in [0.25, 0.3) is 0 Å². The standard InChI is InChI=1S/C13H20O2/c1-2-10-8-9-12(14)15-13(10)11-6-4-3-5-7-11/h8-11,13H,2-7H2,1H3/t10-,13+/m0/s1. The van der Waals surface area contributed by atoms with E-state index in [2.05, 4.69) is 6.92 Å². The van der Waals surface area contributed by atoms with E-state index < -0.39 is 0 Å². The number of cyclic esters (lactones) is 1. The van der Waals surface area contributed by atoms with E-state index in [0.717, 1.165) is 6.42 Å². The molecule has 0 N–H and O–H groups in total. The van der Waals surface area contributed by atoms with Crippen molar-refractivity contribution < 1.29 is 9.53 Å². The third kappa shape index (κ3) is 2.42. The fourth-order valence-electron chi connectivity index (χ4n) is 2.85. The Kier molecular flexibility index (Phi) is 3.45. The topological polar surface area (TPSA) is 26.3 Å². The molecule has 84 valence electrons. The second kappa shape index (κ2) is 4.82. The first-order valence-electron chi connectivity index (χ1n) is 6.20. The lowest BCUT2D eigenvalue weighted by atomic mass is 9.79. The van der Waals surface area contributed by atoms with E-state index in [1.165, 1.54) is 32.1 Å². The lowest BCUT2D eigenvalue weighted by molar-refractivity contribution is -0.151. The predicted octanol–water partition coefficient (Wildman–Crippen LogP) is 3.07. The second-order valence-corrected chi connectivity index (χ2v) is 4.73. The number of hydrogen-bond acceptors (Lipinski definition) is 2. The molecule has 2 nitrogen and oxygen atoms in total. The Labute approximate surface area is 91.7 Å². The van der Waals surface area contributed by atoms with Crippen LogP contribution in [0.15, 0.2) is 12.2 Å². The maximum atomic E-state index is 11.3. The Hall–Kier alpha value is -0.790. The molecule has 15 heavy (non-hydrogen) atoms. The summed E-state index contributed by atoms with van der Waals surface area (Å²) in [5, 5.41) is 0. The van der Waals surface area contributed by atoms with E-state index in [1.54, 1.807) is 6.08 Å².